The van der Waals surface area contributed by atoms with Gasteiger partial charge in [0.25, 0.3) is 0 Å². The van der Waals surface area contributed by atoms with E-state index in [9.17, 15) is 0 Å². The van der Waals surface area contributed by atoms with E-state index in [1.807, 2.05) is 0 Å². The van der Waals surface area contributed by atoms with Gasteiger partial charge in [-0.05, 0) is 0 Å². The third kappa shape index (κ3) is 17.3. The highest BCUT2D eigenvalue weighted by Crippen LogP contribution is 1.41. The van der Waals surface area contributed by atoms with Crippen molar-refractivity contribution in [2.45, 2.75) is 0 Å². The van der Waals surface area contributed by atoms with Crippen LogP contribution < -0.4 is 0 Å². The van der Waals surface area contributed by atoms with Gasteiger partial charge in [-0.25, -0.2) is 0 Å². The van der Waals surface area contributed by atoms with Crippen molar-refractivity contribution in [2.24, 2.45) is 0 Å². The molecular weight excluding hydrogens is 481 g/mol. The molecule has 15 heavy (non-hydrogen) atoms. The summed E-state index contributed by atoms with van der Waals surface area (Å²) in [7, 11) is 18.3. The fourth-order valence-electron chi connectivity index (χ4n) is 0.125. The molecule has 0 aromatic carbocycles. The molecule has 0 nitrogen and oxygen atoms in total. The molecule has 90 valence electrons. The maximum absolute atomic E-state index is 4.87. The van der Waals surface area contributed by atoms with Gasteiger partial charge in [0.2, 0.25) is 0 Å². The summed E-state index contributed by atoms with van der Waals surface area (Å²) in [4.78, 5) is 0. The topological polar surface area (TPSA) is 0 Å². The predicted octanol–water partition coefficient (Wildman–Crippen LogP) is -0.0360. The first-order chi connectivity index (χ1) is 7.27. The van der Waals surface area contributed by atoms with Gasteiger partial charge in [0, 0.05) is 138 Å². The molecule has 0 aliphatic heterocycles. The largest absolute Gasteiger partial charge is 0 e. The second kappa shape index (κ2) is 15.4. The fourth-order valence-corrected chi connectivity index (χ4v) is 30.3. The van der Waals surface area contributed by atoms with Crippen LogP contribution in [0, 0.1) is 0 Å². The van der Waals surface area contributed by atoms with Crippen molar-refractivity contribution in [3.8, 4) is 0 Å². The standard InChI is InChI=1S/S15/c1-4-5-6-7-8-9-10-11-12-13-14-15(2)3. The van der Waals surface area contributed by atoms with Gasteiger partial charge in [0.1, 0.15) is 0 Å². The summed E-state index contributed by atoms with van der Waals surface area (Å²) in [5.74, 6) is 0. The van der Waals surface area contributed by atoms with Crippen molar-refractivity contribution in [1.29, 1.82) is 0 Å². The third-order valence-corrected chi connectivity index (χ3v) is 27.0. The minimum atomic E-state index is -0.360. The van der Waals surface area contributed by atoms with Crippen molar-refractivity contribution >= 4 is 138 Å². The molecule has 0 aliphatic rings. The average Bonchev–Trinajstić information content (AvgIpc) is 2.20. The van der Waals surface area contributed by atoms with Crippen LogP contribution >= 0.6 is 0 Å². The molecule has 0 heterocycles. The molecule has 0 aromatic heterocycles. The Morgan fingerprint density at radius 3 is 1.40 bits per heavy atom. The van der Waals surface area contributed by atoms with Crippen LogP contribution in [0.3, 0.4) is 0 Å². The van der Waals surface area contributed by atoms with Crippen molar-refractivity contribution in [3.05, 3.63) is 0 Å². The Balaban J connectivity index is 5.73. The zero-order chi connectivity index (χ0) is 11.4. The highest BCUT2D eigenvalue weighted by atomic mass is 33.5. The van der Waals surface area contributed by atoms with Gasteiger partial charge in [0.05, 0.1) is 0 Å². The van der Waals surface area contributed by atoms with E-state index in [0.29, 0.717) is 0 Å². The van der Waals surface area contributed by atoms with E-state index >= 15 is 0 Å². The van der Waals surface area contributed by atoms with Crippen molar-refractivity contribution in [1.82, 2.24) is 0 Å². The van der Waals surface area contributed by atoms with Gasteiger partial charge in [0.15, 0.2) is 0 Å². The second-order valence-electron chi connectivity index (χ2n) is 0.953. The zero-order valence-corrected chi connectivity index (χ0v) is 18.4. The Morgan fingerprint density at radius 1 is 0.600 bits per heavy atom. The zero-order valence-electron chi connectivity index (χ0n) is 6.12. The molecule has 0 radical (unpaired) electrons. The van der Waals surface area contributed by atoms with E-state index in [0.717, 1.165) is 0 Å². The van der Waals surface area contributed by atoms with Gasteiger partial charge in [-0.2, -0.15) is 0 Å². The van der Waals surface area contributed by atoms with Gasteiger partial charge < -0.3 is 0 Å². The molecule has 0 aromatic rings. The Bertz CT molecular complexity index is 736. The van der Waals surface area contributed by atoms with Crippen molar-refractivity contribution in [2.75, 3.05) is 0 Å². The molecule has 0 saturated carbocycles. The second-order valence-corrected chi connectivity index (χ2v) is 25.7. The summed E-state index contributed by atoms with van der Waals surface area (Å²) < 4.78 is 0. The maximum Gasteiger partial charge on any atom is 0 e. The molecule has 0 atom stereocenters. The molecule has 0 saturated heterocycles. The summed E-state index contributed by atoms with van der Waals surface area (Å²) in [5, 5.41) is 0. The predicted molar refractivity (Wildman–Crippen MR) is 110 cm³/mol. The van der Waals surface area contributed by atoms with Gasteiger partial charge >= 0.3 is 0 Å². The van der Waals surface area contributed by atoms with E-state index in [4.69, 9.17) is 33.6 Å². The first-order valence-electron chi connectivity index (χ1n) is 2.33. The quantitative estimate of drug-likeness (QED) is 0.478. The summed E-state index contributed by atoms with van der Waals surface area (Å²) in [6.45, 7) is -0.360. The van der Waals surface area contributed by atoms with Gasteiger partial charge in [-0.15, -0.1) is 0 Å². The van der Waals surface area contributed by atoms with Gasteiger partial charge in [-0.1, -0.05) is 0 Å². The van der Waals surface area contributed by atoms with Crippen LogP contribution in [0.1, 0.15) is 0 Å². The lowest BCUT2D eigenvalue weighted by molar-refractivity contribution is 5.96. The molecule has 0 spiro atoms. The lowest BCUT2D eigenvalue weighted by Crippen LogP contribution is -1.41. The number of rotatable bonds is 0. The molecule has 0 N–H and O–H groups in total. The smallest absolute Gasteiger partial charge is 0 e. The highest BCUT2D eigenvalue weighted by molar-refractivity contribution is 8.78. The monoisotopic (exact) mass is 480 g/mol. The van der Waals surface area contributed by atoms with Crippen molar-refractivity contribution < 1.29 is 0 Å². The third-order valence-electron chi connectivity index (χ3n) is 0.333. The van der Waals surface area contributed by atoms with E-state index < -0.39 is 0 Å². The lowest BCUT2D eigenvalue weighted by Gasteiger charge is -1.40. The average molecular weight is 481 g/mol. The van der Waals surface area contributed by atoms with E-state index in [1.54, 1.807) is 88.8 Å². The molecule has 0 aliphatic carbocycles. The van der Waals surface area contributed by atoms with Crippen LogP contribution in [-0.4, -0.2) is 0 Å². The number of hydrogen-bond acceptors (Lipinski definition) is 3. The Labute approximate surface area is 135 Å². The first-order valence-corrected chi connectivity index (χ1v) is 21.0. The van der Waals surface area contributed by atoms with E-state index in [2.05, 4.69) is 0 Å². The van der Waals surface area contributed by atoms with Crippen LogP contribution in [0.5, 0.6) is 0 Å². The first kappa shape index (κ1) is 18.3. The molecule has 0 rings (SSSR count). The van der Waals surface area contributed by atoms with E-state index in [1.165, 1.54) is 8.88 Å². The minimum Gasteiger partial charge on any atom is 0 e. The fraction of sp³-hybridized carbons (Fsp3) is 0. The Kier molecular flexibility index (Phi) is 18.7. The molecule has 0 unspecified atom stereocenters. The summed E-state index contributed by atoms with van der Waals surface area (Å²) in [6.07, 6.45) is 0. The molecular formula is S15. The Hall–Kier alpha value is 3.30. The normalized spacial score (nSPS) is 7.47. The molecule has 0 amide bonds. The molecule has 0 fully saturated rings. The van der Waals surface area contributed by atoms with Gasteiger partial charge in [-0.3, -0.25) is 0 Å². The summed E-state index contributed by atoms with van der Waals surface area (Å²) in [6, 6.07) is 0. The minimum absolute atomic E-state index is 0.360. The van der Waals surface area contributed by atoms with Crippen LogP contribution in [0.4, 0.5) is 0 Å². The summed E-state index contributed by atoms with van der Waals surface area (Å²) in [5.41, 5.74) is 0. The molecule has 0 bridgehead atoms. The highest BCUT2D eigenvalue weighted by Gasteiger charge is 1.42. The number of hydrogen-bond donors (Lipinski definition) is 0. The van der Waals surface area contributed by atoms with Crippen LogP contribution in [0.15, 0.2) is 0 Å². The van der Waals surface area contributed by atoms with E-state index in [-0.39, 0.29) is 6.57 Å². The molecule has 15 heteroatoms. The summed E-state index contributed by atoms with van der Waals surface area (Å²) >= 11 is 14.4. The van der Waals surface area contributed by atoms with Crippen molar-refractivity contribution in [3.63, 3.8) is 0 Å². The SMILES string of the molecule is S=S=S=S=S=S=S=S=S=S=S=S=S(=S)=S. The maximum atomic E-state index is 4.87. The Morgan fingerprint density at radius 2 is 1.00 bits per heavy atom. The van der Waals surface area contributed by atoms with Crippen LogP contribution in [0.25, 0.3) is 0 Å². The van der Waals surface area contributed by atoms with Crippen LogP contribution in [0.2, 0.25) is 0 Å². The lowest BCUT2D eigenvalue weighted by atomic mass is 30.7. The van der Waals surface area contributed by atoms with Crippen LogP contribution in [-0.2, 0) is 138 Å².